The molecule has 0 aliphatic carbocycles. The molecule has 1 aliphatic heterocycles. The zero-order valence-corrected chi connectivity index (χ0v) is 14.9. The molecule has 25 heavy (non-hydrogen) atoms. The molecule has 0 fully saturated rings. The number of nitrogens with zero attached hydrogens (tertiary/aromatic N) is 2. The van der Waals surface area contributed by atoms with Crippen LogP contribution in [0.4, 0.5) is 5.69 Å². The zero-order chi connectivity index (χ0) is 17.4. The maximum atomic E-state index is 12.6. The Balaban J connectivity index is 1.60. The van der Waals surface area contributed by atoms with Crippen LogP contribution < -0.4 is 11.3 Å². The predicted molar refractivity (Wildman–Crippen MR) is 102 cm³/mol. The Bertz CT molecular complexity index is 958. The Labute approximate surface area is 150 Å². The number of H-pyrrole nitrogens is 1. The highest BCUT2D eigenvalue weighted by Crippen LogP contribution is 2.23. The van der Waals surface area contributed by atoms with Crippen LogP contribution in [0.25, 0.3) is 11.4 Å². The van der Waals surface area contributed by atoms with Gasteiger partial charge in [-0.15, -0.1) is 11.3 Å². The monoisotopic (exact) mass is 352 g/mol. The third-order valence-electron chi connectivity index (χ3n) is 4.67. The van der Waals surface area contributed by atoms with E-state index in [9.17, 15) is 4.79 Å². The number of thiophene rings is 1. The molecule has 5 nitrogen and oxygen atoms in total. The lowest BCUT2D eigenvalue weighted by Crippen LogP contribution is -2.35. The number of nitrogens with two attached hydrogens (primary N) is 1. The first-order valence-electron chi connectivity index (χ1n) is 8.33. The molecule has 0 radical (unpaired) electrons. The van der Waals surface area contributed by atoms with Gasteiger partial charge in [-0.05, 0) is 48.2 Å². The highest BCUT2D eigenvalue weighted by molar-refractivity contribution is 7.10. The molecule has 0 bridgehead atoms. The van der Waals surface area contributed by atoms with Crippen molar-refractivity contribution in [3.8, 4) is 11.4 Å². The van der Waals surface area contributed by atoms with E-state index in [2.05, 4.69) is 28.3 Å². The van der Waals surface area contributed by atoms with Gasteiger partial charge < -0.3 is 10.7 Å². The second-order valence-electron chi connectivity index (χ2n) is 6.45. The van der Waals surface area contributed by atoms with Gasteiger partial charge in [-0.1, -0.05) is 0 Å². The fraction of sp³-hybridized carbons (Fsp3) is 0.263. The number of aromatic amines is 1. The molecule has 128 valence electrons. The van der Waals surface area contributed by atoms with Crippen molar-refractivity contribution in [1.29, 1.82) is 0 Å². The normalized spacial score (nSPS) is 14.4. The van der Waals surface area contributed by atoms with E-state index in [0.29, 0.717) is 18.1 Å². The van der Waals surface area contributed by atoms with Gasteiger partial charge in [-0.2, -0.15) is 0 Å². The smallest absolute Gasteiger partial charge is 0.255 e. The van der Waals surface area contributed by atoms with Crippen LogP contribution in [-0.2, 0) is 19.5 Å². The summed E-state index contributed by atoms with van der Waals surface area (Å²) >= 11 is 1.78. The Kier molecular flexibility index (Phi) is 4.15. The average molecular weight is 352 g/mol. The average Bonchev–Trinajstić information content (AvgIpc) is 3.01. The summed E-state index contributed by atoms with van der Waals surface area (Å²) in [7, 11) is 0. The molecule has 2 aromatic heterocycles. The minimum Gasteiger partial charge on any atom is -0.399 e. The van der Waals surface area contributed by atoms with Crippen LogP contribution in [0.15, 0.2) is 40.5 Å². The molecule has 4 rings (SSSR count). The van der Waals surface area contributed by atoms with Crippen molar-refractivity contribution < 1.29 is 0 Å². The fourth-order valence-electron chi connectivity index (χ4n) is 3.16. The van der Waals surface area contributed by atoms with Crippen molar-refractivity contribution in [1.82, 2.24) is 14.9 Å². The van der Waals surface area contributed by atoms with Crippen molar-refractivity contribution in [2.75, 3.05) is 12.3 Å². The number of hydrogen-bond donors (Lipinski definition) is 2. The molecule has 0 atom stereocenters. The molecular weight excluding hydrogens is 332 g/mol. The number of hydrogen-bond acceptors (Lipinski definition) is 5. The van der Waals surface area contributed by atoms with Crippen molar-refractivity contribution in [3.05, 3.63) is 67.8 Å². The number of aryl methyl sites for hydroxylation is 1. The van der Waals surface area contributed by atoms with Gasteiger partial charge in [0, 0.05) is 42.2 Å². The third kappa shape index (κ3) is 3.23. The number of aromatic nitrogens is 2. The summed E-state index contributed by atoms with van der Waals surface area (Å²) in [5.41, 5.74) is 10.3. The number of anilines is 1. The lowest BCUT2D eigenvalue weighted by atomic mass is 10.1. The summed E-state index contributed by atoms with van der Waals surface area (Å²) in [6.07, 6.45) is 0.797. The Hall–Kier alpha value is -2.44. The van der Waals surface area contributed by atoms with Crippen molar-refractivity contribution >= 4 is 17.0 Å². The predicted octanol–water partition coefficient (Wildman–Crippen LogP) is 2.95. The van der Waals surface area contributed by atoms with Gasteiger partial charge in [0.2, 0.25) is 0 Å². The molecule has 0 saturated carbocycles. The fourth-order valence-corrected chi connectivity index (χ4v) is 4.11. The van der Waals surface area contributed by atoms with E-state index in [1.807, 2.05) is 24.3 Å². The molecule has 0 amide bonds. The summed E-state index contributed by atoms with van der Waals surface area (Å²) in [5.74, 6) is 0.617. The third-order valence-corrected chi connectivity index (χ3v) is 5.67. The van der Waals surface area contributed by atoms with Crippen LogP contribution in [0.3, 0.4) is 0 Å². The van der Waals surface area contributed by atoms with E-state index >= 15 is 0 Å². The number of rotatable bonds is 3. The summed E-state index contributed by atoms with van der Waals surface area (Å²) in [4.78, 5) is 23.9. The number of fused-ring (bicyclic) bond motifs is 1. The van der Waals surface area contributed by atoms with Gasteiger partial charge in [0.05, 0.1) is 11.3 Å². The Morgan fingerprint density at radius 2 is 2.08 bits per heavy atom. The van der Waals surface area contributed by atoms with Gasteiger partial charge in [0.15, 0.2) is 0 Å². The summed E-state index contributed by atoms with van der Waals surface area (Å²) < 4.78 is 0. The largest absolute Gasteiger partial charge is 0.399 e. The molecule has 1 aromatic carbocycles. The standard InChI is InChI=1S/C19H20N4OS/c1-12-7-9-25-17(12)11-23-8-6-16-15(10-23)19(24)22-18(21-16)13-2-4-14(20)5-3-13/h2-5,7,9H,6,8,10-11,20H2,1H3,(H,21,22,24). The van der Waals surface area contributed by atoms with E-state index in [0.717, 1.165) is 36.3 Å². The van der Waals surface area contributed by atoms with Gasteiger partial charge >= 0.3 is 0 Å². The van der Waals surface area contributed by atoms with Crippen LogP contribution >= 0.6 is 11.3 Å². The molecular formula is C19H20N4OS. The molecule has 0 spiro atoms. The summed E-state index contributed by atoms with van der Waals surface area (Å²) in [5, 5.41) is 2.12. The number of nitrogens with one attached hydrogen (secondary N) is 1. The highest BCUT2D eigenvalue weighted by atomic mass is 32.1. The Morgan fingerprint density at radius 3 is 2.80 bits per heavy atom. The first-order valence-corrected chi connectivity index (χ1v) is 9.21. The van der Waals surface area contributed by atoms with Crippen LogP contribution in [0.1, 0.15) is 21.7 Å². The minimum atomic E-state index is -0.0376. The first kappa shape index (κ1) is 16.1. The van der Waals surface area contributed by atoms with Crippen LogP contribution in [0, 0.1) is 6.92 Å². The lowest BCUT2D eigenvalue weighted by Gasteiger charge is -2.27. The molecule has 3 heterocycles. The maximum Gasteiger partial charge on any atom is 0.255 e. The zero-order valence-electron chi connectivity index (χ0n) is 14.1. The van der Waals surface area contributed by atoms with E-state index in [4.69, 9.17) is 10.7 Å². The van der Waals surface area contributed by atoms with Crippen LogP contribution in [0.5, 0.6) is 0 Å². The molecule has 3 aromatic rings. The minimum absolute atomic E-state index is 0.0376. The molecule has 1 aliphatic rings. The molecule has 0 saturated heterocycles. The molecule has 0 unspecified atom stereocenters. The van der Waals surface area contributed by atoms with E-state index < -0.39 is 0 Å². The maximum absolute atomic E-state index is 12.6. The lowest BCUT2D eigenvalue weighted by molar-refractivity contribution is 0.243. The molecule has 6 heteroatoms. The highest BCUT2D eigenvalue weighted by Gasteiger charge is 2.22. The SMILES string of the molecule is Cc1ccsc1CN1CCc2nc(-c3ccc(N)cc3)[nH]c(=O)c2C1. The van der Waals surface area contributed by atoms with Gasteiger partial charge in [-0.3, -0.25) is 9.69 Å². The number of nitrogen functional groups attached to an aromatic ring is 1. The number of benzene rings is 1. The van der Waals surface area contributed by atoms with Crippen LogP contribution in [-0.4, -0.2) is 21.4 Å². The van der Waals surface area contributed by atoms with Crippen LogP contribution in [0.2, 0.25) is 0 Å². The van der Waals surface area contributed by atoms with Crippen molar-refractivity contribution in [2.45, 2.75) is 26.4 Å². The summed E-state index contributed by atoms with van der Waals surface area (Å²) in [6.45, 7) is 4.60. The second-order valence-corrected chi connectivity index (χ2v) is 7.45. The Morgan fingerprint density at radius 1 is 1.28 bits per heavy atom. The van der Waals surface area contributed by atoms with E-state index in [-0.39, 0.29) is 5.56 Å². The van der Waals surface area contributed by atoms with Crippen molar-refractivity contribution in [3.63, 3.8) is 0 Å². The topological polar surface area (TPSA) is 75.0 Å². The van der Waals surface area contributed by atoms with Gasteiger partial charge in [0.25, 0.3) is 5.56 Å². The van der Waals surface area contributed by atoms with E-state index in [1.54, 1.807) is 11.3 Å². The quantitative estimate of drug-likeness (QED) is 0.711. The second kappa shape index (κ2) is 6.46. The molecule has 3 N–H and O–H groups in total. The first-order chi connectivity index (χ1) is 12.1. The van der Waals surface area contributed by atoms with Crippen molar-refractivity contribution in [2.24, 2.45) is 0 Å². The van der Waals surface area contributed by atoms with Gasteiger partial charge in [-0.25, -0.2) is 4.98 Å². The van der Waals surface area contributed by atoms with E-state index in [1.165, 1.54) is 10.4 Å². The van der Waals surface area contributed by atoms with Gasteiger partial charge in [0.1, 0.15) is 5.82 Å². The summed E-state index contributed by atoms with van der Waals surface area (Å²) in [6, 6.07) is 9.55.